The number of hydrogen-bond donors (Lipinski definition) is 2. The van der Waals surface area contributed by atoms with Gasteiger partial charge in [-0.25, -0.2) is 0 Å². The Morgan fingerprint density at radius 2 is 1.93 bits per heavy atom. The van der Waals surface area contributed by atoms with Gasteiger partial charge in [0.25, 0.3) is 5.91 Å². The normalized spacial score (nSPS) is 16.7. The van der Waals surface area contributed by atoms with E-state index in [0.717, 1.165) is 24.4 Å². The van der Waals surface area contributed by atoms with Crippen molar-refractivity contribution < 1.29 is 19.1 Å². The van der Waals surface area contributed by atoms with Crippen LogP contribution in [0.4, 0.5) is 5.69 Å². The van der Waals surface area contributed by atoms with E-state index >= 15 is 0 Å². The Labute approximate surface area is 177 Å². The van der Waals surface area contributed by atoms with Gasteiger partial charge in [0, 0.05) is 19.6 Å². The quantitative estimate of drug-likeness (QED) is 0.697. The van der Waals surface area contributed by atoms with E-state index in [0.29, 0.717) is 30.8 Å². The van der Waals surface area contributed by atoms with Crippen LogP contribution in [0.3, 0.4) is 0 Å². The van der Waals surface area contributed by atoms with E-state index < -0.39 is 0 Å². The molecule has 3 rings (SSSR count). The smallest absolute Gasteiger partial charge is 0.253 e. The van der Waals surface area contributed by atoms with Crippen molar-refractivity contribution in [3.05, 3.63) is 59.7 Å². The molecule has 7 nitrogen and oxygen atoms in total. The number of benzene rings is 2. The van der Waals surface area contributed by atoms with Crippen LogP contribution in [0, 0.1) is 0 Å². The topological polar surface area (TPSA) is 79.9 Å². The number of morpholine rings is 1. The van der Waals surface area contributed by atoms with Crippen molar-refractivity contribution in [2.45, 2.75) is 19.4 Å². The number of methoxy groups -OCH3 is 1. The minimum atomic E-state index is -0.209. The van der Waals surface area contributed by atoms with Gasteiger partial charge in [0.05, 0.1) is 37.6 Å². The lowest BCUT2D eigenvalue weighted by molar-refractivity contribution is -0.119. The Kier molecular flexibility index (Phi) is 7.82. The van der Waals surface area contributed by atoms with Crippen LogP contribution in [0.15, 0.2) is 48.5 Å². The van der Waals surface area contributed by atoms with E-state index in [1.165, 1.54) is 0 Å². The lowest BCUT2D eigenvalue weighted by atomic mass is 10.1. The summed E-state index contributed by atoms with van der Waals surface area (Å²) >= 11 is 0. The number of amides is 2. The van der Waals surface area contributed by atoms with Gasteiger partial charge in [0.15, 0.2) is 0 Å². The molecule has 1 heterocycles. The summed E-state index contributed by atoms with van der Waals surface area (Å²) in [5, 5.41) is 5.81. The second kappa shape index (κ2) is 10.8. The second-order valence-electron chi connectivity index (χ2n) is 7.36. The van der Waals surface area contributed by atoms with Gasteiger partial charge in [-0.2, -0.15) is 0 Å². The fraction of sp³-hybridized carbons (Fsp3) is 0.391. The van der Waals surface area contributed by atoms with Gasteiger partial charge in [0.1, 0.15) is 5.75 Å². The van der Waals surface area contributed by atoms with Gasteiger partial charge >= 0.3 is 0 Å². The largest absolute Gasteiger partial charge is 0.497 e. The highest BCUT2D eigenvalue weighted by Gasteiger charge is 2.20. The Bertz CT molecular complexity index is 854. The molecule has 0 saturated carbocycles. The predicted octanol–water partition coefficient (Wildman–Crippen LogP) is 2.33. The number of hydrogen-bond acceptors (Lipinski definition) is 5. The average molecular weight is 412 g/mol. The first-order chi connectivity index (χ1) is 14.5. The second-order valence-corrected chi connectivity index (χ2v) is 7.36. The van der Waals surface area contributed by atoms with Gasteiger partial charge in [-0.05, 0) is 43.2 Å². The summed E-state index contributed by atoms with van der Waals surface area (Å²) in [5.41, 5.74) is 2.08. The third-order valence-electron chi connectivity index (χ3n) is 5.00. The van der Waals surface area contributed by atoms with Gasteiger partial charge in [0.2, 0.25) is 5.91 Å². The van der Waals surface area contributed by atoms with Crippen molar-refractivity contribution in [1.29, 1.82) is 0 Å². The van der Waals surface area contributed by atoms with E-state index in [1.807, 2.05) is 31.2 Å². The molecule has 1 fully saturated rings. The van der Waals surface area contributed by atoms with Crippen molar-refractivity contribution in [2.24, 2.45) is 0 Å². The van der Waals surface area contributed by atoms with E-state index in [-0.39, 0.29) is 24.5 Å². The number of para-hydroxylation sites is 1. The number of nitrogens with one attached hydrogen (secondary N) is 2. The number of carbonyl (C=O) groups is 2. The summed E-state index contributed by atoms with van der Waals surface area (Å²) in [4.78, 5) is 27.2. The number of ether oxygens (including phenoxy) is 2. The standard InChI is InChI=1S/C23H29N3O4/c1-17-15-26(13-14-30-17)16-22(27)25-21-6-4-3-5-20(21)23(28)24-12-11-18-7-9-19(29-2)10-8-18/h3-10,17H,11-16H2,1-2H3,(H,24,28)(H,25,27)/t17-/m0/s1. The van der Waals surface area contributed by atoms with Crippen molar-refractivity contribution >= 4 is 17.5 Å². The molecule has 0 radical (unpaired) electrons. The summed E-state index contributed by atoms with van der Waals surface area (Å²) in [6, 6.07) is 14.8. The zero-order valence-electron chi connectivity index (χ0n) is 17.5. The molecule has 0 bridgehead atoms. The molecule has 7 heteroatoms. The Hall–Kier alpha value is -2.90. The summed E-state index contributed by atoms with van der Waals surface area (Å²) in [6.45, 7) is 4.85. The van der Waals surface area contributed by atoms with Gasteiger partial charge < -0.3 is 20.1 Å². The van der Waals surface area contributed by atoms with Crippen LogP contribution < -0.4 is 15.4 Å². The van der Waals surface area contributed by atoms with Crippen molar-refractivity contribution in [1.82, 2.24) is 10.2 Å². The molecule has 0 aromatic heterocycles. The van der Waals surface area contributed by atoms with Gasteiger partial charge in [-0.3, -0.25) is 14.5 Å². The highest BCUT2D eigenvalue weighted by atomic mass is 16.5. The summed E-state index contributed by atoms with van der Waals surface area (Å²) in [5.74, 6) is 0.459. The van der Waals surface area contributed by atoms with E-state index in [4.69, 9.17) is 9.47 Å². The molecule has 30 heavy (non-hydrogen) atoms. The van der Waals surface area contributed by atoms with Crippen LogP contribution >= 0.6 is 0 Å². The van der Waals surface area contributed by atoms with Crippen LogP contribution in [0.2, 0.25) is 0 Å². The Balaban J connectivity index is 1.52. The molecule has 1 saturated heterocycles. The fourth-order valence-corrected chi connectivity index (χ4v) is 3.42. The molecule has 0 unspecified atom stereocenters. The Morgan fingerprint density at radius 3 is 2.67 bits per heavy atom. The first-order valence-electron chi connectivity index (χ1n) is 10.2. The Morgan fingerprint density at radius 1 is 1.17 bits per heavy atom. The fourth-order valence-electron chi connectivity index (χ4n) is 3.42. The predicted molar refractivity (Wildman–Crippen MR) is 116 cm³/mol. The third-order valence-corrected chi connectivity index (χ3v) is 5.00. The van der Waals surface area contributed by atoms with E-state index in [9.17, 15) is 9.59 Å². The number of anilines is 1. The maximum Gasteiger partial charge on any atom is 0.253 e. The third kappa shape index (κ3) is 6.30. The summed E-state index contributed by atoms with van der Waals surface area (Å²) in [6.07, 6.45) is 0.828. The molecule has 1 atom stereocenters. The van der Waals surface area contributed by atoms with Gasteiger partial charge in [-0.1, -0.05) is 24.3 Å². The number of nitrogens with zero attached hydrogens (tertiary/aromatic N) is 1. The molecule has 2 aromatic rings. The summed E-state index contributed by atoms with van der Waals surface area (Å²) < 4.78 is 10.7. The number of rotatable bonds is 8. The zero-order valence-corrected chi connectivity index (χ0v) is 17.5. The average Bonchev–Trinajstić information content (AvgIpc) is 2.74. The van der Waals surface area contributed by atoms with Crippen LogP contribution in [0.25, 0.3) is 0 Å². The number of carbonyl (C=O) groups excluding carboxylic acids is 2. The molecule has 1 aliphatic heterocycles. The molecule has 0 spiro atoms. The molecule has 2 N–H and O–H groups in total. The van der Waals surface area contributed by atoms with Gasteiger partial charge in [-0.15, -0.1) is 0 Å². The van der Waals surface area contributed by atoms with Crippen molar-refractivity contribution in [3.8, 4) is 5.75 Å². The van der Waals surface area contributed by atoms with E-state index in [2.05, 4.69) is 15.5 Å². The lowest BCUT2D eigenvalue weighted by Crippen LogP contribution is -2.44. The van der Waals surface area contributed by atoms with Crippen LogP contribution in [-0.4, -0.2) is 62.7 Å². The maximum atomic E-state index is 12.7. The molecule has 2 aromatic carbocycles. The summed E-state index contributed by atoms with van der Waals surface area (Å²) in [7, 11) is 1.63. The highest BCUT2D eigenvalue weighted by Crippen LogP contribution is 2.16. The van der Waals surface area contributed by atoms with Crippen LogP contribution in [0.1, 0.15) is 22.8 Å². The molecule has 2 amide bonds. The van der Waals surface area contributed by atoms with Crippen LogP contribution in [-0.2, 0) is 16.0 Å². The first kappa shape index (κ1) is 21.8. The maximum absolute atomic E-state index is 12.7. The van der Waals surface area contributed by atoms with Crippen LogP contribution in [0.5, 0.6) is 5.75 Å². The van der Waals surface area contributed by atoms with E-state index in [1.54, 1.807) is 31.4 Å². The van der Waals surface area contributed by atoms with Crippen molar-refractivity contribution in [3.63, 3.8) is 0 Å². The lowest BCUT2D eigenvalue weighted by Gasteiger charge is -2.30. The minimum Gasteiger partial charge on any atom is -0.497 e. The minimum absolute atomic E-state index is 0.121. The zero-order chi connectivity index (χ0) is 21.3. The SMILES string of the molecule is COc1ccc(CCNC(=O)c2ccccc2NC(=O)CN2CCO[C@@H](C)C2)cc1. The highest BCUT2D eigenvalue weighted by molar-refractivity contribution is 6.04. The van der Waals surface area contributed by atoms with Crippen molar-refractivity contribution in [2.75, 3.05) is 45.2 Å². The molecular weight excluding hydrogens is 382 g/mol. The molecular formula is C23H29N3O4. The molecule has 1 aliphatic rings. The monoisotopic (exact) mass is 411 g/mol. The first-order valence-corrected chi connectivity index (χ1v) is 10.2. The molecule has 160 valence electrons. The molecule has 0 aliphatic carbocycles.